The molecule has 1 unspecified atom stereocenters. The Kier molecular flexibility index (Phi) is 5.30. The topological polar surface area (TPSA) is 25.2 Å². The van der Waals surface area contributed by atoms with Gasteiger partial charge in [0.25, 0.3) is 0 Å². The monoisotopic (exact) mass is 249 g/mol. The fraction of sp³-hybridized carbons (Fsp3) is 0.750. The van der Waals surface area contributed by atoms with Crippen LogP contribution in [0.4, 0.5) is 0 Å². The minimum Gasteiger partial charge on any atom is -0.464 e. The molecule has 0 bridgehead atoms. The van der Waals surface area contributed by atoms with Crippen LogP contribution in [-0.4, -0.2) is 6.54 Å². The van der Waals surface area contributed by atoms with Crippen LogP contribution in [-0.2, 0) is 6.42 Å². The molecule has 18 heavy (non-hydrogen) atoms. The van der Waals surface area contributed by atoms with Gasteiger partial charge in [0.2, 0.25) is 0 Å². The molecule has 1 N–H and O–H groups in total. The highest BCUT2D eigenvalue weighted by Gasteiger charge is 2.21. The van der Waals surface area contributed by atoms with Crippen LogP contribution >= 0.6 is 0 Å². The summed E-state index contributed by atoms with van der Waals surface area (Å²) in [5.74, 6) is 3.13. The smallest absolute Gasteiger partial charge is 0.121 e. The van der Waals surface area contributed by atoms with Crippen molar-refractivity contribution in [2.24, 2.45) is 5.92 Å². The summed E-state index contributed by atoms with van der Waals surface area (Å²) in [6.07, 6.45) is 9.31. The normalized spacial score (nSPS) is 19.0. The highest BCUT2D eigenvalue weighted by molar-refractivity contribution is 5.11. The second kappa shape index (κ2) is 6.98. The minimum atomic E-state index is 0.415. The van der Waals surface area contributed by atoms with Crippen LogP contribution in [0.15, 0.2) is 16.5 Å². The minimum absolute atomic E-state index is 0.415. The number of furan rings is 1. The lowest BCUT2D eigenvalue weighted by Crippen LogP contribution is -2.24. The summed E-state index contributed by atoms with van der Waals surface area (Å²) in [6, 6.07) is 4.70. The van der Waals surface area contributed by atoms with E-state index < -0.39 is 0 Å². The van der Waals surface area contributed by atoms with E-state index in [2.05, 4.69) is 31.3 Å². The Morgan fingerprint density at radius 2 is 2.00 bits per heavy atom. The first-order valence-corrected chi connectivity index (χ1v) is 7.65. The van der Waals surface area contributed by atoms with E-state index in [9.17, 15) is 0 Å². The largest absolute Gasteiger partial charge is 0.464 e. The predicted molar refractivity (Wildman–Crippen MR) is 75.7 cm³/mol. The number of nitrogens with one attached hydrogen (secondary N) is 1. The summed E-state index contributed by atoms with van der Waals surface area (Å²) in [5, 5.41) is 3.59. The lowest BCUT2D eigenvalue weighted by Gasteiger charge is -2.26. The third-order valence-corrected chi connectivity index (χ3v) is 4.12. The lowest BCUT2D eigenvalue weighted by molar-refractivity contribution is 0.279. The van der Waals surface area contributed by atoms with Crippen molar-refractivity contribution >= 4 is 0 Å². The number of rotatable bonds is 6. The number of hydrogen-bond donors (Lipinski definition) is 1. The summed E-state index contributed by atoms with van der Waals surface area (Å²) in [5.41, 5.74) is 0. The van der Waals surface area contributed by atoms with E-state index in [1.807, 2.05) is 0 Å². The molecule has 0 aliphatic heterocycles. The zero-order valence-corrected chi connectivity index (χ0v) is 11.9. The molecular weight excluding hydrogens is 222 g/mol. The van der Waals surface area contributed by atoms with E-state index in [4.69, 9.17) is 4.42 Å². The second-order valence-electron chi connectivity index (χ2n) is 5.51. The van der Waals surface area contributed by atoms with Gasteiger partial charge in [-0.15, -0.1) is 0 Å². The van der Waals surface area contributed by atoms with Gasteiger partial charge < -0.3 is 9.73 Å². The fourth-order valence-corrected chi connectivity index (χ4v) is 3.07. The fourth-order valence-electron chi connectivity index (χ4n) is 3.07. The Hall–Kier alpha value is -0.760. The molecule has 102 valence electrons. The molecule has 1 atom stereocenters. The number of hydrogen-bond acceptors (Lipinski definition) is 2. The van der Waals surface area contributed by atoms with Crippen LogP contribution in [0.5, 0.6) is 0 Å². The predicted octanol–water partition coefficient (Wildman–Crippen LogP) is 4.46. The first-order chi connectivity index (χ1) is 8.83. The van der Waals surface area contributed by atoms with Crippen LogP contribution in [0.25, 0.3) is 0 Å². The summed E-state index contributed by atoms with van der Waals surface area (Å²) < 4.78 is 5.93. The summed E-state index contributed by atoms with van der Waals surface area (Å²) in [7, 11) is 0. The molecule has 0 aromatic carbocycles. The Labute approximate surface area is 111 Å². The van der Waals surface area contributed by atoms with Crippen molar-refractivity contribution in [3.63, 3.8) is 0 Å². The van der Waals surface area contributed by atoms with E-state index >= 15 is 0 Å². The Morgan fingerprint density at radius 3 is 2.61 bits per heavy atom. The molecule has 1 saturated carbocycles. The van der Waals surface area contributed by atoms with E-state index in [0.717, 1.165) is 30.4 Å². The molecule has 2 heteroatoms. The molecule has 1 heterocycles. The SMILES string of the molecule is CCNC(CC1CCCCC1)c1ccc(CC)o1. The van der Waals surface area contributed by atoms with Crippen molar-refractivity contribution in [3.8, 4) is 0 Å². The van der Waals surface area contributed by atoms with Crippen molar-refractivity contribution in [2.45, 2.75) is 64.8 Å². The van der Waals surface area contributed by atoms with Gasteiger partial charge in [0.1, 0.15) is 11.5 Å². The lowest BCUT2D eigenvalue weighted by atomic mass is 9.84. The van der Waals surface area contributed by atoms with Crippen LogP contribution in [0.1, 0.15) is 69.9 Å². The quantitative estimate of drug-likeness (QED) is 0.805. The van der Waals surface area contributed by atoms with E-state index in [1.165, 1.54) is 38.5 Å². The first-order valence-electron chi connectivity index (χ1n) is 7.65. The molecule has 0 spiro atoms. The van der Waals surface area contributed by atoms with Crippen molar-refractivity contribution < 1.29 is 4.42 Å². The van der Waals surface area contributed by atoms with Crippen molar-refractivity contribution in [1.82, 2.24) is 5.32 Å². The van der Waals surface area contributed by atoms with Crippen LogP contribution in [0, 0.1) is 5.92 Å². The molecule has 1 aliphatic rings. The van der Waals surface area contributed by atoms with Gasteiger partial charge in [-0.2, -0.15) is 0 Å². The first kappa shape index (κ1) is 13.7. The molecule has 1 aromatic rings. The highest BCUT2D eigenvalue weighted by Crippen LogP contribution is 2.32. The van der Waals surface area contributed by atoms with Gasteiger partial charge >= 0.3 is 0 Å². The third kappa shape index (κ3) is 3.61. The van der Waals surface area contributed by atoms with Crippen molar-refractivity contribution in [1.29, 1.82) is 0 Å². The maximum atomic E-state index is 5.93. The van der Waals surface area contributed by atoms with Gasteiger partial charge in [0.15, 0.2) is 0 Å². The summed E-state index contributed by atoms with van der Waals surface area (Å²) >= 11 is 0. The third-order valence-electron chi connectivity index (χ3n) is 4.12. The molecule has 0 amide bonds. The molecule has 1 aliphatic carbocycles. The average molecular weight is 249 g/mol. The molecule has 2 rings (SSSR count). The van der Waals surface area contributed by atoms with Gasteiger partial charge in [-0.25, -0.2) is 0 Å². The maximum absolute atomic E-state index is 5.93. The molecule has 2 nitrogen and oxygen atoms in total. The van der Waals surface area contributed by atoms with Crippen LogP contribution in [0.2, 0.25) is 0 Å². The zero-order valence-electron chi connectivity index (χ0n) is 11.9. The summed E-state index contributed by atoms with van der Waals surface area (Å²) in [4.78, 5) is 0. The molecule has 1 fully saturated rings. The molecular formula is C16H27NO. The van der Waals surface area contributed by atoms with Gasteiger partial charge in [-0.1, -0.05) is 46.0 Å². The van der Waals surface area contributed by atoms with Crippen LogP contribution < -0.4 is 5.32 Å². The van der Waals surface area contributed by atoms with Gasteiger partial charge in [0, 0.05) is 6.42 Å². The number of aryl methyl sites for hydroxylation is 1. The van der Waals surface area contributed by atoms with E-state index in [0.29, 0.717) is 6.04 Å². The second-order valence-corrected chi connectivity index (χ2v) is 5.51. The van der Waals surface area contributed by atoms with E-state index in [-0.39, 0.29) is 0 Å². The molecule has 0 radical (unpaired) electrons. The molecule has 0 saturated heterocycles. The van der Waals surface area contributed by atoms with Gasteiger partial charge in [0.05, 0.1) is 6.04 Å². The van der Waals surface area contributed by atoms with Crippen molar-refractivity contribution in [2.75, 3.05) is 6.54 Å². The van der Waals surface area contributed by atoms with Crippen LogP contribution in [0.3, 0.4) is 0 Å². The van der Waals surface area contributed by atoms with E-state index in [1.54, 1.807) is 0 Å². The molecule has 1 aromatic heterocycles. The van der Waals surface area contributed by atoms with Crippen molar-refractivity contribution in [3.05, 3.63) is 23.7 Å². The Morgan fingerprint density at radius 1 is 1.22 bits per heavy atom. The summed E-state index contributed by atoms with van der Waals surface area (Å²) in [6.45, 7) is 5.34. The Balaban J connectivity index is 1.97. The standard InChI is InChI=1S/C16H27NO/c1-3-14-10-11-16(18-14)15(17-4-2)12-13-8-6-5-7-9-13/h10-11,13,15,17H,3-9,12H2,1-2H3. The Bertz CT molecular complexity index is 339. The maximum Gasteiger partial charge on any atom is 0.121 e. The highest BCUT2D eigenvalue weighted by atomic mass is 16.3. The van der Waals surface area contributed by atoms with Gasteiger partial charge in [-0.05, 0) is 31.0 Å². The van der Waals surface area contributed by atoms with Gasteiger partial charge in [-0.3, -0.25) is 0 Å². The zero-order chi connectivity index (χ0) is 12.8. The average Bonchev–Trinajstić information content (AvgIpc) is 2.88.